The van der Waals surface area contributed by atoms with Crippen molar-refractivity contribution in [3.63, 3.8) is 0 Å². The Labute approximate surface area is 186 Å². The second-order valence-electron chi connectivity index (χ2n) is 8.36. The molecule has 3 heterocycles. The first-order valence-corrected chi connectivity index (χ1v) is 11.0. The van der Waals surface area contributed by atoms with E-state index in [2.05, 4.69) is 4.98 Å². The summed E-state index contributed by atoms with van der Waals surface area (Å²) in [5.74, 6) is 0.622. The van der Waals surface area contributed by atoms with E-state index in [1.807, 2.05) is 31.2 Å². The number of rotatable bonds is 3. The molecule has 1 saturated carbocycles. The molecule has 5 rings (SSSR count). The van der Waals surface area contributed by atoms with Crippen molar-refractivity contribution in [3.8, 4) is 16.9 Å². The summed E-state index contributed by atoms with van der Waals surface area (Å²) in [4.78, 5) is 24.1. The predicted molar refractivity (Wildman–Crippen MR) is 118 cm³/mol. The maximum atomic E-state index is 13.7. The Morgan fingerprint density at radius 3 is 2.84 bits per heavy atom. The van der Waals surface area contributed by atoms with Gasteiger partial charge in [-0.3, -0.25) is 14.7 Å². The van der Waals surface area contributed by atoms with Crippen LogP contribution in [0.3, 0.4) is 0 Å². The summed E-state index contributed by atoms with van der Waals surface area (Å²) in [6.07, 6.45) is 5.70. The van der Waals surface area contributed by atoms with Crippen molar-refractivity contribution in [1.29, 1.82) is 0 Å². The molecular formula is C23H25ClN4O3. The van der Waals surface area contributed by atoms with Crippen LogP contribution in [0.4, 0.5) is 0 Å². The van der Waals surface area contributed by atoms with Crippen molar-refractivity contribution in [2.45, 2.75) is 43.9 Å². The summed E-state index contributed by atoms with van der Waals surface area (Å²) in [6, 6.07) is 7.69. The molecule has 162 valence electrons. The van der Waals surface area contributed by atoms with Crippen LogP contribution in [0.15, 0.2) is 41.7 Å². The molecule has 1 fully saturated rings. The minimum Gasteiger partial charge on any atom is -0.490 e. The van der Waals surface area contributed by atoms with Gasteiger partial charge >= 0.3 is 0 Å². The minimum atomic E-state index is -1.12. The first-order valence-electron chi connectivity index (χ1n) is 10.6. The summed E-state index contributed by atoms with van der Waals surface area (Å²) in [5.41, 5.74) is 7.54. The Morgan fingerprint density at radius 2 is 2.13 bits per heavy atom. The molecule has 7 nitrogen and oxygen atoms in total. The van der Waals surface area contributed by atoms with E-state index in [4.69, 9.17) is 31.8 Å². The lowest BCUT2D eigenvalue weighted by atomic mass is 9.66. The van der Waals surface area contributed by atoms with Crippen molar-refractivity contribution in [3.05, 3.63) is 47.2 Å². The van der Waals surface area contributed by atoms with Gasteiger partial charge in [-0.15, -0.1) is 0 Å². The van der Waals surface area contributed by atoms with E-state index in [0.29, 0.717) is 23.8 Å². The lowest BCUT2D eigenvalue weighted by molar-refractivity contribution is -0.139. The van der Waals surface area contributed by atoms with Crippen LogP contribution in [0.25, 0.3) is 11.1 Å². The molecule has 8 heteroatoms. The number of guanidine groups is 1. The van der Waals surface area contributed by atoms with E-state index in [0.717, 1.165) is 29.5 Å². The van der Waals surface area contributed by atoms with Crippen LogP contribution in [0.2, 0.25) is 5.02 Å². The van der Waals surface area contributed by atoms with Gasteiger partial charge in [0, 0.05) is 43.1 Å². The highest BCUT2D eigenvalue weighted by Gasteiger charge is 2.61. The van der Waals surface area contributed by atoms with Gasteiger partial charge in [0.25, 0.3) is 5.91 Å². The Bertz CT molecular complexity index is 1070. The number of nitrogens with zero attached hydrogens (tertiary/aromatic N) is 3. The van der Waals surface area contributed by atoms with Gasteiger partial charge in [-0.05, 0) is 49.9 Å². The summed E-state index contributed by atoms with van der Waals surface area (Å²) >= 11 is 6.16. The summed E-state index contributed by atoms with van der Waals surface area (Å²) in [5, 5.41) is 0.548. The predicted octanol–water partition coefficient (Wildman–Crippen LogP) is 3.35. The molecule has 4 atom stereocenters. The maximum Gasteiger partial charge on any atom is 0.262 e. The topological polar surface area (TPSA) is 90.0 Å². The Morgan fingerprint density at radius 1 is 1.29 bits per heavy atom. The molecule has 1 spiro atoms. The highest BCUT2D eigenvalue weighted by molar-refractivity contribution is 6.30. The molecule has 0 bridgehead atoms. The molecule has 1 aromatic heterocycles. The van der Waals surface area contributed by atoms with Gasteiger partial charge in [0.05, 0.1) is 11.1 Å². The number of benzene rings is 1. The number of likely N-dealkylation sites (N-methyl/N-ethyl adjacent to an activating group) is 1. The smallest absolute Gasteiger partial charge is 0.262 e. The molecule has 1 amide bonds. The van der Waals surface area contributed by atoms with Gasteiger partial charge in [0.1, 0.15) is 11.9 Å². The molecule has 0 saturated heterocycles. The maximum absolute atomic E-state index is 13.7. The third kappa shape index (κ3) is 3.10. The number of fused-ring (bicyclic) bond motifs is 4. The Balaban J connectivity index is 1.67. The summed E-state index contributed by atoms with van der Waals surface area (Å²) in [6.45, 7) is 2.63. The minimum absolute atomic E-state index is 0.0729. The first-order chi connectivity index (χ1) is 14.9. The lowest BCUT2D eigenvalue weighted by Gasteiger charge is -2.47. The van der Waals surface area contributed by atoms with Crippen molar-refractivity contribution < 1.29 is 14.3 Å². The third-order valence-corrected chi connectivity index (χ3v) is 6.86. The number of amides is 1. The van der Waals surface area contributed by atoms with Crippen molar-refractivity contribution in [1.82, 2.24) is 9.88 Å². The number of pyridine rings is 1. The molecule has 2 aromatic rings. The standard InChI is InChI=1S/C23H25ClN4O3/c1-3-30-16-5-7-20-18(10-16)23(21(29)28(2)22(25)27-23)17-9-13(4-6-19(17)31-20)14-8-15(24)12-26-11-14/h4,6,8-9,11-12,16,18,20H,3,5,7,10H2,1-2H3,(H2,25,27)/t16-,18?,20-,23?/m0/s1. The number of hydrogen-bond acceptors (Lipinski definition) is 6. The fourth-order valence-corrected chi connectivity index (χ4v) is 5.37. The molecule has 0 radical (unpaired) electrons. The van der Waals surface area contributed by atoms with Gasteiger partial charge in [-0.1, -0.05) is 17.7 Å². The van der Waals surface area contributed by atoms with Crippen LogP contribution >= 0.6 is 11.6 Å². The van der Waals surface area contributed by atoms with E-state index in [1.54, 1.807) is 19.4 Å². The summed E-state index contributed by atoms with van der Waals surface area (Å²) in [7, 11) is 1.67. The zero-order chi connectivity index (χ0) is 21.8. The van der Waals surface area contributed by atoms with Gasteiger partial charge in [0.2, 0.25) is 0 Å². The van der Waals surface area contributed by atoms with Crippen molar-refractivity contribution in [2.75, 3.05) is 13.7 Å². The van der Waals surface area contributed by atoms with Crippen LogP contribution < -0.4 is 10.5 Å². The normalized spacial score (nSPS) is 29.4. The number of halogens is 1. The Hall–Kier alpha value is -2.64. The average Bonchev–Trinajstić information content (AvgIpc) is 2.99. The molecule has 2 N–H and O–H groups in total. The number of carbonyl (C=O) groups is 1. The zero-order valence-corrected chi connectivity index (χ0v) is 18.3. The zero-order valence-electron chi connectivity index (χ0n) is 17.5. The van der Waals surface area contributed by atoms with Crippen LogP contribution in [0.5, 0.6) is 5.75 Å². The van der Waals surface area contributed by atoms with Crippen LogP contribution in [0, 0.1) is 5.92 Å². The highest BCUT2D eigenvalue weighted by Crippen LogP contribution is 2.54. The average molecular weight is 441 g/mol. The van der Waals surface area contributed by atoms with Crippen LogP contribution in [-0.4, -0.2) is 47.6 Å². The lowest BCUT2D eigenvalue weighted by Crippen LogP contribution is -2.55. The van der Waals surface area contributed by atoms with Gasteiger partial charge in [-0.2, -0.15) is 0 Å². The number of ether oxygens (including phenoxy) is 2. The van der Waals surface area contributed by atoms with Crippen LogP contribution in [0.1, 0.15) is 31.7 Å². The SMILES string of the molecule is CCO[C@H]1CC[C@@H]2Oc3ccc(-c4cncc(Cl)c4)cc3C3(N=C(N)N(C)C3=O)C2C1. The van der Waals surface area contributed by atoms with E-state index >= 15 is 0 Å². The fraction of sp³-hybridized carbons (Fsp3) is 0.435. The van der Waals surface area contributed by atoms with E-state index < -0.39 is 5.54 Å². The third-order valence-electron chi connectivity index (χ3n) is 6.65. The molecule has 31 heavy (non-hydrogen) atoms. The van der Waals surface area contributed by atoms with E-state index in [-0.39, 0.29) is 30.0 Å². The molecule has 1 aliphatic carbocycles. The number of hydrogen-bond donors (Lipinski definition) is 1. The second kappa shape index (κ2) is 7.50. The first kappa shape index (κ1) is 20.3. The molecule has 2 unspecified atom stereocenters. The second-order valence-corrected chi connectivity index (χ2v) is 8.79. The van der Waals surface area contributed by atoms with Crippen molar-refractivity contribution in [2.24, 2.45) is 16.6 Å². The largest absolute Gasteiger partial charge is 0.490 e. The van der Waals surface area contributed by atoms with Gasteiger partial charge in [0.15, 0.2) is 11.5 Å². The highest BCUT2D eigenvalue weighted by atomic mass is 35.5. The summed E-state index contributed by atoms with van der Waals surface area (Å²) < 4.78 is 12.3. The monoisotopic (exact) mass is 440 g/mol. The number of carbonyl (C=O) groups excluding carboxylic acids is 1. The Kier molecular flexibility index (Phi) is 4.90. The fourth-order valence-electron chi connectivity index (χ4n) is 5.19. The van der Waals surface area contributed by atoms with Crippen molar-refractivity contribution >= 4 is 23.5 Å². The van der Waals surface area contributed by atoms with E-state index in [9.17, 15) is 4.79 Å². The number of aromatic nitrogens is 1. The molecule has 2 aliphatic heterocycles. The molecule has 3 aliphatic rings. The quantitative estimate of drug-likeness (QED) is 0.790. The van der Waals surface area contributed by atoms with E-state index in [1.165, 1.54) is 4.90 Å². The molecular weight excluding hydrogens is 416 g/mol. The van der Waals surface area contributed by atoms with Gasteiger partial charge < -0.3 is 15.2 Å². The van der Waals surface area contributed by atoms with Crippen LogP contribution in [-0.2, 0) is 15.1 Å². The number of nitrogens with two attached hydrogens (primary N) is 1. The number of aliphatic imine (C=N–C) groups is 1. The van der Waals surface area contributed by atoms with Gasteiger partial charge in [-0.25, -0.2) is 4.99 Å². The molecule has 1 aromatic carbocycles.